The maximum atomic E-state index is 6.28. The van der Waals surface area contributed by atoms with Gasteiger partial charge in [-0.2, -0.15) is 0 Å². The van der Waals surface area contributed by atoms with Crippen LogP contribution in [0.1, 0.15) is 32.1 Å². The summed E-state index contributed by atoms with van der Waals surface area (Å²) in [6.45, 7) is 3.23. The Hall–Kier alpha value is -0.680. The van der Waals surface area contributed by atoms with E-state index < -0.39 is 0 Å². The molecule has 3 atom stereocenters. The molecule has 4 nitrogen and oxygen atoms in total. The van der Waals surface area contributed by atoms with E-state index in [9.17, 15) is 0 Å². The van der Waals surface area contributed by atoms with Crippen LogP contribution in [0.25, 0.3) is 0 Å². The first-order valence-corrected chi connectivity index (χ1v) is 8.41. The van der Waals surface area contributed by atoms with Gasteiger partial charge in [0.15, 0.2) is 0 Å². The molecule has 3 aliphatic rings. The molecule has 19 heavy (non-hydrogen) atoms. The second-order valence-corrected chi connectivity index (χ2v) is 7.13. The van der Waals surface area contributed by atoms with Gasteiger partial charge in [0.1, 0.15) is 5.51 Å². The average molecular weight is 279 g/mol. The summed E-state index contributed by atoms with van der Waals surface area (Å²) in [7, 11) is 0. The van der Waals surface area contributed by atoms with Crippen molar-refractivity contribution in [3.63, 3.8) is 0 Å². The van der Waals surface area contributed by atoms with Gasteiger partial charge in [-0.25, -0.2) is 0 Å². The first-order valence-electron chi connectivity index (χ1n) is 7.53. The van der Waals surface area contributed by atoms with Crippen LogP contribution in [-0.2, 0) is 4.74 Å². The second kappa shape index (κ2) is 5.02. The van der Waals surface area contributed by atoms with Gasteiger partial charge in [0, 0.05) is 31.5 Å². The van der Waals surface area contributed by atoms with E-state index in [1.54, 1.807) is 11.3 Å². The average Bonchev–Trinajstić information content (AvgIpc) is 3.07. The summed E-state index contributed by atoms with van der Waals surface area (Å²) in [6, 6.07) is 0. The fraction of sp³-hybridized carbons (Fsp3) is 0.857. The lowest BCUT2D eigenvalue weighted by atomic mass is 9.75. The van der Waals surface area contributed by atoms with Gasteiger partial charge >= 0.3 is 0 Å². The number of aromatic nitrogens is 2. The number of fused-ring (bicyclic) bond motifs is 2. The molecule has 0 N–H and O–H groups in total. The predicted molar refractivity (Wildman–Crippen MR) is 75.4 cm³/mol. The Morgan fingerprint density at radius 2 is 2.00 bits per heavy atom. The molecule has 0 aromatic carbocycles. The van der Waals surface area contributed by atoms with Crippen LogP contribution >= 0.6 is 11.3 Å². The van der Waals surface area contributed by atoms with E-state index >= 15 is 0 Å². The van der Waals surface area contributed by atoms with Gasteiger partial charge < -0.3 is 9.64 Å². The Bertz CT molecular complexity index is 406. The third kappa shape index (κ3) is 2.50. The van der Waals surface area contributed by atoms with Gasteiger partial charge in [-0.15, -0.1) is 10.2 Å². The lowest BCUT2D eigenvalue weighted by molar-refractivity contribution is -0.0598. The van der Waals surface area contributed by atoms with E-state index in [1.807, 2.05) is 5.51 Å². The highest BCUT2D eigenvalue weighted by atomic mass is 32.1. The van der Waals surface area contributed by atoms with Gasteiger partial charge in [0.05, 0.1) is 6.10 Å². The monoisotopic (exact) mass is 279 g/mol. The normalized spacial score (nSPS) is 34.5. The lowest BCUT2D eigenvalue weighted by Crippen LogP contribution is -2.52. The number of rotatable bonds is 4. The van der Waals surface area contributed by atoms with Crippen LogP contribution in [0, 0.1) is 17.8 Å². The molecule has 4 rings (SSSR count). The van der Waals surface area contributed by atoms with Crippen molar-refractivity contribution in [2.75, 3.05) is 24.6 Å². The molecule has 0 amide bonds. The zero-order valence-electron chi connectivity index (χ0n) is 11.2. The molecule has 1 aromatic rings. The Labute approximate surface area is 118 Å². The molecular formula is C14H21N3OS. The van der Waals surface area contributed by atoms with Crippen molar-refractivity contribution in [2.45, 2.75) is 38.2 Å². The number of nitrogens with zero attached hydrogens (tertiary/aromatic N) is 3. The topological polar surface area (TPSA) is 38.2 Å². The van der Waals surface area contributed by atoms with E-state index in [1.165, 1.54) is 32.1 Å². The Balaban J connectivity index is 1.44. The molecule has 2 bridgehead atoms. The third-order valence-electron chi connectivity index (χ3n) is 4.83. The molecule has 0 radical (unpaired) electrons. The predicted octanol–water partition coefficient (Wildman–Crippen LogP) is 2.57. The molecule has 2 heterocycles. The molecule has 5 heteroatoms. The largest absolute Gasteiger partial charge is 0.377 e. The third-order valence-corrected chi connectivity index (χ3v) is 5.58. The summed E-state index contributed by atoms with van der Waals surface area (Å²) in [6.07, 6.45) is 7.31. The minimum atomic E-state index is 0.513. The quantitative estimate of drug-likeness (QED) is 0.849. The highest BCUT2D eigenvalue weighted by molar-refractivity contribution is 7.13. The molecule has 2 aliphatic carbocycles. The molecule has 1 saturated heterocycles. The van der Waals surface area contributed by atoms with Crippen molar-refractivity contribution in [2.24, 2.45) is 17.8 Å². The number of piperidine rings is 1. The molecular weight excluding hydrogens is 258 g/mol. The molecule has 1 aromatic heterocycles. The Morgan fingerprint density at radius 1 is 1.21 bits per heavy atom. The van der Waals surface area contributed by atoms with Crippen LogP contribution in [0.2, 0.25) is 0 Å². The van der Waals surface area contributed by atoms with Crippen LogP contribution in [0.15, 0.2) is 5.51 Å². The molecule has 104 valence electrons. The fourth-order valence-electron chi connectivity index (χ4n) is 3.65. The van der Waals surface area contributed by atoms with Crippen molar-refractivity contribution in [1.29, 1.82) is 0 Å². The first kappa shape index (κ1) is 12.1. The van der Waals surface area contributed by atoms with Gasteiger partial charge in [-0.1, -0.05) is 17.8 Å². The smallest absolute Gasteiger partial charge is 0.208 e. The maximum absolute atomic E-state index is 6.28. The van der Waals surface area contributed by atoms with Crippen LogP contribution in [0.5, 0.6) is 0 Å². The van der Waals surface area contributed by atoms with E-state index in [4.69, 9.17) is 4.74 Å². The van der Waals surface area contributed by atoms with Crippen molar-refractivity contribution in [1.82, 2.24) is 10.2 Å². The van der Waals surface area contributed by atoms with Crippen LogP contribution in [-0.4, -0.2) is 36.0 Å². The maximum Gasteiger partial charge on any atom is 0.208 e. The molecule has 1 aliphatic heterocycles. The first-order chi connectivity index (χ1) is 9.40. The Kier molecular flexibility index (Phi) is 3.19. The summed E-state index contributed by atoms with van der Waals surface area (Å²) in [5.41, 5.74) is 1.83. The van der Waals surface area contributed by atoms with Gasteiger partial charge in [-0.05, 0) is 31.6 Å². The minimum Gasteiger partial charge on any atom is -0.377 e. The van der Waals surface area contributed by atoms with Crippen LogP contribution < -0.4 is 4.90 Å². The van der Waals surface area contributed by atoms with Gasteiger partial charge in [0.25, 0.3) is 0 Å². The Morgan fingerprint density at radius 3 is 2.63 bits per heavy atom. The number of anilines is 1. The summed E-state index contributed by atoms with van der Waals surface area (Å²) >= 11 is 1.66. The van der Waals surface area contributed by atoms with E-state index in [0.717, 1.165) is 30.7 Å². The second-order valence-electron chi connectivity index (χ2n) is 6.32. The van der Waals surface area contributed by atoms with E-state index in [0.29, 0.717) is 17.9 Å². The van der Waals surface area contributed by atoms with Crippen LogP contribution in [0.3, 0.4) is 0 Å². The molecule has 2 saturated carbocycles. The summed E-state index contributed by atoms with van der Waals surface area (Å²) in [5.74, 6) is 2.28. The van der Waals surface area contributed by atoms with Gasteiger partial charge in [0.2, 0.25) is 5.13 Å². The van der Waals surface area contributed by atoms with Gasteiger partial charge in [-0.3, -0.25) is 0 Å². The fourth-order valence-corrected chi connectivity index (χ4v) is 4.23. The zero-order chi connectivity index (χ0) is 12.7. The standard InChI is InChI=1S/C14H21N3OS/c1-2-11-6-17(14-16-15-9-19-14)7-12(3-1)13(11)18-8-10-4-5-10/h9-13H,1-8H2/t11-,12+,13?. The SMILES string of the molecule is c1nnc(N2C[C@H]3CCC[C@@H](C2)C3OCC2CC2)s1. The lowest BCUT2D eigenvalue weighted by Gasteiger charge is -2.46. The molecule has 0 spiro atoms. The minimum absolute atomic E-state index is 0.513. The zero-order valence-corrected chi connectivity index (χ0v) is 12.0. The number of ether oxygens (including phenoxy) is 1. The highest BCUT2D eigenvalue weighted by Gasteiger charge is 2.41. The molecule has 3 fully saturated rings. The van der Waals surface area contributed by atoms with Crippen LogP contribution in [0.4, 0.5) is 5.13 Å². The van der Waals surface area contributed by atoms with Crippen molar-refractivity contribution in [3.8, 4) is 0 Å². The number of hydrogen-bond acceptors (Lipinski definition) is 5. The summed E-state index contributed by atoms with van der Waals surface area (Å²) in [4.78, 5) is 2.43. The highest BCUT2D eigenvalue weighted by Crippen LogP contribution is 2.40. The molecule has 1 unspecified atom stereocenters. The summed E-state index contributed by atoms with van der Waals surface area (Å²) < 4.78 is 6.28. The summed E-state index contributed by atoms with van der Waals surface area (Å²) in [5, 5.41) is 9.30. The van der Waals surface area contributed by atoms with Crippen molar-refractivity contribution >= 4 is 16.5 Å². The van der Waals surface area contributed by atoms with E-state index in [2.05, 4.69) is 15.1 Å². The van der Waals surface area contributed by atoms with E-state index in [-0.39, 0.29) is 0 Å². The van der Waals surface area contributed by atoms with Crippen molar-refractivity contribution < 1.29 is 4.74 Å². The number of hydrogen-bond donors (Lipinski definition) is 0. The van der Waals surface area contributed by atoms with Crippen molar-refractivity contribution in [3.05, 3.63) is 5.51 Å².